The minimum atomic E-state index is -2.79. The van der Waals surface area contributed by atoms with E-state index in [0.29, 0.717) is 67.2 Å². The molecule has 4 N–H and O–H groups in total. The van der Waals surface area contributed by atoms with Gasteiger partial charge in [-0.3, -0.25) is 39.9 Å². The second kappa shape index (κ2) is 22.4. The van der Waals surface area contributed by atoms with Crippen LogP contribution in [-0.4, -0.2) is 134 Å². The molecular weight excluding hydrogens is 1150 g/mol. The second-order valence-corrected chi connectivity index (χ2v) is 28.5. The van der Waals surface area contributed by atoms with Crippen LogP contribution in [0.25, 0.3) is 16.9 Å². The van der Waals surface area contributed by atoms with Gasteiger partial charge in [0.1, 0.15) is 11.8 Å². The molecule has 6 aromatic heterocycles. The Morgan fingerprint density at radius 1 is 0.416 bits per heavy atom. The Kier molecular flexibility index (Phi) is 14.7. The Bertz CT molecular complexity index is 3560. The van der Waals surface area contributed by atoms with E-state index in [1.165, 1.54) is 37.8 Å². The van der Waals surface area contributed by atoms with Crippen LogP contribution in [0.15, 0.2) is 54.6 Å². The lowest BCUT2D eigenvalue weighted by molar-refractivity contribution is -0.138. The average Bonchev–Trinajstić information content (AvgIpc) is 1.94. The van der Waals surface area contributed by atoms with Crippen molar-refractivity contribution in [2.24, 2.45) is 45.8 Å². The first-order valence-corrected chi connectivity index (χ1v) is 32.9. The van der Waals surface area contributed by atoms with E-state index in [-0.39, 0.29) is 71.0 Å². The van der Waals surface area contributed by atoms with Crippen molar-refractivity contribution in [3.05, 3.63) is 71.7 Å². The van der Waals surface area contributed by atoms with Crippen LogP contribution in [-0.2, 0) is 24.0 Å². The van der Waals surface area contributed by atoms with E-state index in [0.717, 1.165) is 144 Å². The monoisotopic (exact) mass is 1230 g/mol. The first-order chi connectivity index (χ1) is 42.9. The van der Waals surface area contributed by atoms with Gasteiger partial charge >= 0.3 is 0 Å². The molecule has 11 fully saturated rings. The van der Waals surface area contributed by atoms with Gasteiger partial charge < -0.3 is 15.1 Å². The minimum absolute atomic E-state index is 0.00691. The Balaban J connectivity index is 0.000000113. The molecule has 8 aliphatic carbocycles. The molecule has 0 radical (unpaired) electrons. The number of rotatable bonds is 11. The maximum absolute atomic E-state index is 13.3. The summed E-state index contributed by atoms with van der Waals surface area (Å²) in [4.78, 5) is 77.6. The van der Waals surface area contributed by atoms with Gasteiger partial charge in [-0.05, 0) is 201 Å². The van der Waals surface area contributed by atoms with Gasteiger partial charge in [0.2, 0.25) is 47.4 Å². The van der Waals surface area contributed by atoms with Crippen molar-refractivity contribution in [2.75, 3.05) is 55.2 Å². The molecule has 24 heteroatoms. The lowest BCUT2D eigenvalue weighted by Crippen LogP contribution is -2.43. The van der Waals surface area contributed by atoms with Crippen molar-refractivity contribution < 1.29 is 41.5 Å². The number of aromatic nitrogens is 9. The van der Waals surface area contributed by atoms with Crippen LogP contribution in [0.3, 0.4) is 0 Å². The number of pyridine rings is 3. The van der Waals surface area contributed by atoms with Crippen molar-refractivity contribution in [1.29, 1.82) is 0 Å². The minimum Gasteiger partial charge on any atom is -0.342 e. The van der Waals surface area contributed by atoms with Crippen molar-refractivity contribution in [2.45, 2.75) is 177 Å². The Hall–Kier alpha value is -7.11. The fourth-order valence-electron chi connectivity index (χ4n) is 16.0. The normalized spacial score (nSPS) is 27.5. The van der Waals surface area contributed by atoms with E-state index in [9.17, 15) is 41.5 Å². The van der Waals surface area contributed by atoms with Gasteiger partial charge in [0.25, 0.3) is 11.8 Å². The summed E-state index contributed by atoms with van der Waals surface area (Å²) >= 11 is 0. The molecule has 1 unspecified atom stereocenters. The van der Waals surface area contributed by atoms with Crippen LogP contribution < -0.4 is 21.3 Å². The van der Waals surface area contributed by atoms with Gasteiger partial charge in [-0.1, -0.05) is 18.2 Å². The third-order valence-electron chi connectivity index (χ3n) is 22.3. The summed E-state index contributed by atoms with van der Waals surface area (Å²) in [6.45, 7) is 4.59. The van der Waals surface area contributed by atoms with E-state index in [2.05, 4.69) is 75.8 Å². The average molecular weight is 1230 g/mol. The summed E-state index contributed by atoms with van der Waals surface area (Å²) in [5.41, 5.74) is 6.52. The number of alkyl halides is 4. The number of hydrogen-bond donors (Lipinski definition) is 4. The standard InChI is InChI=1S/2C23H27F2N5O2.C19H25N5O/c2*24-23(25)13-16(23)20(32)29-10-8-22(9-11-29)7-6-15(12-22)17-2-1-3-18-26-21(28-30(17)18)27-19(31)14-4-5-14;25-17(13-4-5-13)22-18-21-16-3-1-2-15(24(16)23-18)14-6-7-19(12-14)8-10-20-11-9-19/h2*1-3,14-16H,4-13H2,(H,27,28,31);1-3,13-14,20H,4-12H2,(H,22,23,25)/t15-,16+;15-,16-;/m10./s1. The summed E-state index contributed by atoms with van der Waals surface area (Å²) in [6, 6.07) is 18.1. The topological polar surface area (TPSA) is 231 Å². The first kappa shape index (κ1) is 58.3. The molecule has 20 nitrogen and oxygen atoms in total. The number of carbonyl (C=O) groups is 5. The molecular formula is C65H79F4N15O5. The number of hydrogen-bond acceptors (Lipinski definition) is 12. The van der Waals surface area contributed by atoms with Crippen LogP contribution in [0.4, 0.5) is 35.4 Å². The highest BCUT2D eigenvalue weighted by Crippen LogP contribution is 2.57. The van der Waals surface area contributed by atoms with E-state index >= 15 is 0 Å². The predicted octanol–water partition coefficient (Wildman–Crippen LogP) is 9.93. The number of nitrogens with one attached hydrogen (secondary N) is 4. The van der Waals surface area contributed by atoms with E-state index in [4.69, 9.17) is 0 Å². The second-order valence-electron chi connectivity index (χ2n) is 28.5. The zero-order valence-electron chi connectivity index (χ0n) is 50.3. The fourth-order valence-corrected chi connectivity index (χ4v) is 16.0. The highest BCUT2D eigenvalue weighted by molar-refractivity contribution is 5.94. The van der Waals surface area contributed by atoms with Crippen molar-refractivity contribution in [1.82, 2.24) is 58.9 Å². The molecule has 0 bridgehead atoms. The molecule has 6 aromatic rings. The SMILES string of the molecule is O=C(Nc1nc2cccc(C3CCC4(CCNCC4)C3)n2n1)C1CC1.O=C(Nc1nc2cccc([C@@H]3CCC4(CCN(C(=O)[C@@H]5CC5(F)F)CC4)C3)n2n1)C1CC1.O=C(Nc1nc2cccc([C@H]3CCC4(CCN(C(=O)[C@@H]5CC5(F)F)CC4)C3)n2n1)C1CC1. The van der Waals surface area contributed by atoms with Crippen LogP contribution >= 0.6 is 0 Å². The number of amides is 5. The van der Waals surface area contributed by atoms with Crippen molar-refractivity contribution in [3.63, 3.8) is 0 Å². The van der Waals surface area contributed by atoms with Gasteiger partial charge in [0.05, 0.1) is 0 Å². The lowest BCUT2D eigenvalue weighted by atomic mass is 9.76. The van der Waals surface area contributed by atoms with Crippen LogP contribution in [0.5, 0.6) is 0 Å². The number of anilines is 3. The van der Waals surface area contributed by atoms with E-state index in [1.807, 2.05) is 43.9 Å². The van der Waals surface area contributed by atoms with Gasteiger partial charge in [0.15, 0.2) is 16.9 Å². The van der Waals surface area contributed by atoms with Gasteiger partial charge in [-0.2, -0.15) is 15.0 Å². The maximum atomic E-state index is 13.3. The molecule has 3 saturated heterocycles. The molecule has 3 aliphatic heterocycles. The number of halogens is 4. The summed E-state index contributed by atoms with van der Waals surface area (Å²) in [6.07, 6.45) is 21.1. The molecule has 472 valence electrons. The molecule has 5 atom stereocenters. The Morgan fingerprint density at radius 2 is 0.719 bits per heavy atom. The molecule has 9 heterocycles. The molecule has 0 aromatic carbocycles. The Morgan fingerprint density at radius 3 is 1.01 bits per heavy atom. The first-order valence-electron chi connectivity index (χ1n) is 32.9. The highest BCUT2D eigenvalue weighted by Gasteiger charge is 2.63. The predicted molar refractivity (Wildman–Crippen MR) is 320 cm³/mol. The largest absolute Gasteiger partial charge is 0.342 e. The molecule has 8 saturated carbocycles. The third-order valence-corrected chi connectivity index (χ3v) is 22.3. The van der Waals surface area contributed by atoms with Crippen LogP contribution in [0.1, 0.15) is 183 Å². The van der Waals surface area contributed by atoms with Crippen LogP contribution in [0, 0.1) is 45.8 Å². The molecule has 5 amide bonds. The fraction of sp³-hybridized carbons (Fsp3) is 0.646. The third kappa shape index (κ3) is 12.0. The smallest absolute Gasteiger partial charge is 0.260 e. The van der Waals surface area contributed by atoms with Crippen molar-refractivity contribution >= 4 is 64.3 Å². The number of likely N-dealkylation sites (tertiary alicyclic amines) is 2. The van der Waals surface area contributed by atoms with Crippen LogP contribution in [0.2, 0.25) is 0 Å². The highest BCUT2D eigenvalue weighted by atomic mass is 19.3. The molecule has 89 heavy (non-hydrogen) atoms. The van der Waals surface area contributed by atoms with Gasteiger partial charge in [0, 0.05) is 91.6 Å². The van der Waals surface area contributed by atoms with E-state index < -0.39 is 23.7 Å². The zero-order chi connectivity index (χ0) is 61.0. The molecule has 11 aliphatic rings. The summed E-state index contributed by atoms with van der Waals surface area (Å²) < 4.78 is 58.8. The van der Waals surface area contributed by atoms with Crippen molar-refractivity contribution in [3.8, 4) is 0 Å². The van der Waals surface area contributed by atoms with Gasteiger partial charge in [-0.25, -0.2) is 31.1 Å². The van der Waals surface area contributed by atoms with E-state index in [1.54, 1.807) is 9.80 Å². The zero-order valence-corrected chi connectivity index (χ0v) is 50.3. The lowest BCUT2D eigenvalue weighted by Gasteiger charge is -2.39. The molecule has 17 rings (SSSR count). The summed E-state index contributed by atoms with van der Waals surface area (Å²) in [5, 5.41) is 25.8. The number of nitrogens with zero attached hydrogens (tertiary/aromatic N) is 11. The quantitative estimate of drug-likeness (QED) is 0.0889. The number of carbonyl (C=O) groups excluding carboxylic acids is 5. The summed E-state index contributed by atoms with van der Waals surface area (Å²) in [5.74, 6) is -5.77. The number of piperidine rings is 3. The van der Waals surface area contributed by atoms with Gasteiger partial charge in [-0.15, -0.1) is 15.3 Å². The molecule has 3 spiro atoms. The maximum Gasteiger partial charge on any atom is 0.260 e. The number of fused-ring (bicyclic) bond motifs is 3. The summed E-state index contributed by atoms with van der Waals surface area (Å²) in [7, 11) is 0. The Labute approximate surface area is 512 Å².